The molecule has 0 heterocycles. The Balaban J connectivity index is 1.76. The van der Waals surface area contributed by atoms with Crippen LogP contribution in [0, 0.1) is 0 Å². The second kappa shape index (κ2) is 11.3. The van der Waals surface area contributed by atoms with Crippen LogP contribution in [0.2, 0.25) is 0 Å². The Labute approximate surface area is 164 Å². The Bertz CT molecular complexity index is 544. The van der Waals surface area contributed by atoms with E-state index in [1.165, 1.54) is 44.1 Å². The zero-order valence-electron chi connectivity index (χ0n) is 17.0. The van der Waals surface area contributed by atoms with Crippen LogP contribution in [0.5, 0.6) is 0 Å². The smallest absolute Gasteiger partial charge is 0.435 e. The van der Waals surface area contributed by atoms with Crippen LogP contribution in [0.15, 0.2) is 24.3 Å². The Morgan fingerprint density at radius 1 is 1.04 bits per heavy atom. The zero-order chi connectivity index (χ0) is 19.5. The molecule has 1 fully saturated rings. The van der Waals surface area contributed by atoms with Gasteiger partial charge in [0.05, 0.1) is 12.2 Å². The lowest BCUT2D eigenvalue weighted by Gasteiger charge is -2.36. The second-order valence-corrected chi connectivity index (χ2v) is 7.75. The number of carbonyl (C=O) groups excluding carboxylic acids is 1. The minimum absolute atomic E-state index is 0.156. The number of ether oxygens (including phenoxy) is 2. The van der Waals surface area contributed by atoms with Crippen molar-refractivity contribution in [1.82, 2.24) is 0 Å². The Morgan fingerprint density at radius 2 is 1.67 bits per heavy atom. The maximum atomic E-state index is 11.4. The third-order valence-electron chi connectivity index (χ3n) is 5.60. The normalized spacial score (nSPS) is 22.4. The number of rotatable bonds is 10. The molecule has 0 amide bonds. The van der Waals surface area contributed by atoms with Gasteiger partial charge in [0.2, 0.25) is 0 Å². The third-order valence-corrected chi connectivity index (χ3v) is 5.60. The first kappa shape index (κ1) is 21.7. The van der Waals surface area contributed by atoms with Crippen molar-refractivity contribution in [3.8, 4) is 0 Å². The fourth-order valence-electron chi connectivity index (χ4n) is 3.85. The van der Waals surface area contributed by atoms with E-state index in [9.17, 15) is 9.90 Å². The van der Waals surface area contributed by atoms with Crippen LogP contribution in [0.25, 0.3) is 0 Å². The summed E-state index contributed by atoms with van der Waals surface area (Å²) in [6.07, 6.45) is 10.7. The molecule has 0 spiro atoms. The predicted molar refractivity (Wildman–Crippen MR) is 108 cm³/mol. The van der Waals surface area contributed by atoms with Gasteiger partial charge in [0, 0.05) is 0 Å². The fourth-order valence-corrected chi connectivity index (χ4v) is 3.85. The quantitative estimate of drug-likeness (QED) is 0.408. The number of aliphatic hydroxyl groups is 1. The highest BCUT2D eigenvalue weighted by Crippen LogP contribution is 2.38. The van der Waals surface area contributed by atoms with E-state index in [0.29, 0.717) is 32.3 Å². The first-order valence-corrected chi connectivity index (χ1v) is 10.7. The number of benzene rings is 1. The summed E-state index contributed by atoms with van der Waals surface area (Å²) in [6.45, 7) is 4.33. The van der Waals surface area contributed by atoms with Gasteiger partial charge in [0.1, 0.15) is 6.10 Å². The van der Waals surface area contributed by atoms with Gasteiger partial charge in [0.25, 0.3) is 0 Å². The molecule has 27 heavy (non-hydrogen) atoms. The zero-order valence-corrected chi connectivity index (χ0v) is 17.0. The highest BCUT2D eigenvalue weighted by molar-refractivity contribution is 5.60. The molecule has 152 valence electrons. The Morgan fingerprint density at radius 3 is 2.30 bits per heavy atom. The van der Waals surface area contributed by atoms with Crippen molar-refractivity contribution in [3.63, 3.8) is 0 Å². The molecule has 0 radical (unpaired) electrons. The number of unbranched alkanes of at least 4 members (excludes halogenated alkanes) is 5. The number of hydrogen-bond acceptors (Lipinski definition) is 4. The molecular formula is C23H36O4. The van der Waals surface area contributed by atoms with E-state index in [1.54, 1.807) is 6.92 Å². The maximum absolute atomic E-state index is 11.4. The Kier molecular flexibility index (Phi) is 9.12. The summed E-state index contributed by atoms with van der Waals surface area (Å²) in [7, 11) is 0. The van der Waals surface area contributed by atoms with Gasteiger partial charge in [0.15, 0.2) is 0 Å². The summed E-state index contributed by atoms with van der Waals surface area (Å²) >= 11 is 0. The van der Waals surface area contributed by atoms with Crippen LogP contribution < -0.4 is 0 Å². The largest absolute Gasteiger partial charge is 0.508 e. The molecule has 2 rings (SSSR count). The fraction of sp³-hybridized carbons (Fsp3) is 0.696. The molecule has 1 aliphatic rings. The number of hydrogen-bond donors (Lipinski definition) is 1. The van der Waals surface area contributed by atoms with Gasteiger partial charge in [-0.05, 0) is 56.6 Å². The lowest BCUT2D eigenvalue weighted by Crippen LogP contribution is -2.35. The monoisotopic (exact) mass is 376 g/mol. The lowest BCUT2D eigenvalue weighted by atomic mass is 9.78. The summed E-state index contributed by atoms with van der Waals surface area (Å²) in [5, 5.41) is 11.0. The summed E-state index contributed by atoms with van der Waals surface area (Å²) in [5.74, 6) is 0. The molecule has 0 bridgehead atoms. The van der Waals surface area contributed by atoms with E-state index >= 15 is 0 Å². The van der Waals surface area contributed by atoms with Gasteiger partial charge < -0.3 is 14.6 Å². The summed E-state index contributed by atoms with van der Waals surface area (Å²) in [5.41, 5.74) is 1.51. The Hall–Kier alpha value is -1.55. The first-order valence-electron chi connectivity index (χ1n) is 10.7. The minimum Gasteiger partial charge on any atom is -0.435 e. The summed E-state index contributed by atoms with van der Waals surface area (Å²) < 4.78 is 10.1. The lowest BCUT2D eigenvalue weighted by molar-refractivity contribution is -0.0530. The van der Waals surface area contributed by atoms with Crippen LogP contribution >= 0.6 is 0 Å². The van der Waals surface area contributed by atoms with E-state index in [-0.39, 0.29) is 6.10 Å². The van der Waals surface area contributed by atoms with Gasteiger partial charge in [-0.1, -0.05) is 63.3 Å². The third kappa shape index (κ3) is 7.17. The molecule has 4 nitrogen and oxygen atoms in total. The van der Waals surface area contributed by atoms with E-state index in [0.717, 1.165) is 12.0 Å². The number of aryl methyl sites for hydroxylation is 1. The van der Waals surface area contributed by atoms with Gasteiger partial charge in [-0.2, -0.15) is 0 Å². The average Bonchev–Trinajstić information content (AvgIpc) is 2.67. The van der Waals surface area contributed by atoms with Crippen molar-refractivity contribution in [2.24, 2.45) is 0 Å². The highest BCUT2D eigenvalue weighted by Gasteiger charge is 2.36. The van der Waals surface area contributed by atoms with Crippen LogP contribution in [-0.2, 0) is 21.5 Å². The number of carbonyl (C=O) groups is 1. The van der Waals surface area contributed by atoms with Gasteiger partial charge in [-0.25, -0.2) is 4.79 Å². The van der Waals surface area contributed by atoms with Crippen molar-refractivity contribution < 1.29 is 19.4 Å². The average molecular weight is 377 g/mol. The molecule has 1 aromatic rings. The van der Waals surface area contributed by atoms with E-state index in [4.69, 9.17) is 9.47 Å². The minimum atomic E-state index is -0.812. The molecule has 1 N–H and O–H groups in total. The molecule has 1 saturated carbocycles. The maximum Gasteiger partial charge on any atom is 0.508 e. The van der Waals surface area contributed by atoms with Crippen LogP contribution in [-0.4, -0.2) is 24.0 Å². The van der Waals surface area contributed by atoms with E-state index < -0.39 is 11.8 Å². The molecule has 0 saturated heterocycles. The van der Waals surface area contributed by atoms with Crippen molar-refractivity contribution in [2.75, 3.05) is 6.61 Å². The van der Waals surface area contributed by atoms with Crippen molar-refractivity contribution in [2.45, 2.75) is 96.2 Å². The standard InChI is InChI=1S/C23H36O4/c1-3-5-6-7-8-9-10-19-11-13-20(14-12-19)23(25)17-15-21(16-18-23)27-22(24)26-4-2/h11-14,21,25H,3-10,15-18H2,1-2H3. The molecule has 0 aromatic heterocycles. The molecule has 1 aromatic carbocycles. The molecular weight excluding hydrogens is 340 g/mol. The highest BCUT2D eigenvalue weighted by atomic mass is 16.7. The van der Waals surface area contributed by atoms with Gasteiger partial charge in [-0.3, -0.25) is 0 Å². The molecule has 0 atom stereocenters. The molecule has 1 aliphatic carbocycles. The summed E-state index contributed by atoms with van der Waals surface area (Å²) in [4.78, 5) is 11.4. The predicted octanol–water partition coefficient (Wildman–Crippen LogP) is 5.89. The first-order chi connectivity index (χ1) is 13.1. The van der Waals surface area contributed by atoms with Crippen LogP contribution in [0.3, 0.4) is 0 Å². The van der Waals surface area contributed by atoms with Gasteiger partial charge >= 0.3 is 6.16 Å². The van der Waals surface area contributed by atoms with Crippen molar-refractivity contribution in [1.29, 1.82) is 0 Å². The van der Waals surface area contributed by atoms with Gasteiger partial charge in [-0.15, -0.1) is 0 Å². The van der Waals surface area contributed by atoms with Crippen LogP contribution in [0.4, 0.5) is 4.79 Å². The second-order valence-electron chi connectivity index (χ2n) is 7.75. The van der Waals surface area contributed by atoms with Crippen molar-refractivity contribution in [3.05, 3.63) is 35.4 Å². The van der Waals surface area contributed by atoms with E-state index in [2.05, 4.69) is 31.2 Å². The molecule has 0 aliphatic heterocycles. The van der Waals surface area contributed by atoms with Crippen molar-refractivity contribution >= 4 is 6.16 Å². The summed E-state index contributed by atoms with van der Waals surface area (Å²) in [6, 6.07) is 8.44. The molecule has 4 heteroatoms. The molecule has 0 unspecified atom stereocenters. The SMILES string of the molecule is CCCCCCCCc1ccc(C2(O)CCC(OC(=O)OCC)CC2)cc1. The topological polar surface area (TPSA) is 55.8 Å². The van der Waals surface area contributed by atoms with E-state index in [1.807, 2.05) is 0 Å². The van der Waals surface area contributed by atoms with Crippen LogP contribution in [0.1, 0.15) is 89.2 Å².